The smallest absolute Gasteiger partial charge is 0.363 e. The van der Waals surface area contributed by atoms with Crippen LogP contribution in [0.25, 0.3) is 0 Å². The van der Waals surface area contributed by atoms with Gasteiger partial charge in [-0.15, -0.1) is 0 Å². The summed E-state index contributed by atoms with van der Waals surface area (Å²) in [7, 11) is 0.975. The molecule has 1 heterocycles. The number of ether oxygens (including phenoxy) is 1. The Labute approximate surface area is 88.0 Å². The average molecular weight is 232 g/mol. The Balaban J connectivity index is 3.44. The van der Waals surface area contributed by atoms with Gasteiger partial charge in [0.1, 0.15) is 0 Å². The zero-order valence-electron chi connectivity index (χ0n) is 8.02. The third kappa shape index (κ3) is 2.10. The number of aromatic nitrogens is 1. The van der Waals surface area contributed by atoms with Crippen molar-refractivity contribution in [3.63, 3.8) is 0 Å². The molecule has 0 bridgehead atoms. The van der Waals surface area contributed by atoms with Gasteiger partial charge in [-0.05, 0) is 6.07 Å². The van der Waals surface area contributed by atoms with Crippen molar-refractivity contribution in [3.8, 4) is 0 Å². The van der Waals surface area contributed by atoms with Crippen molar-refractivity contribution in [1.82, 2.24) is 4.98 Å². The number of hydrogen-bond acceptors (Lipinski definition) is 5. The van der Waals surface area contributed by atoms with E-state index in [0.29, 0.717) is 0 Å². The van der Waals surface area contributed by atoms with Crippen LogP contribution < -0.4 is 0 Å². The van der Waals surface area contributed by atoms with Crippen LogP contribution in [0.2, 0.25) is 0 Å². The molecule has 0 amide bonds. The molecule has 0 aliphatic carbocycles. The lowest BCUT2D eigenvalue weighted by atomic mass is 10.2. The highest BCUT2D eigenvalue weighted by Gasteiger charge is 2.30. The van der Waals surface area contributed by atoms with Crippen molar-refractivity contribution in [3.05, 3.63) is 33.6 Å². The molecule has 0 aliphatic rings. The zero-order valence-corrected chi connectivity index (χ0v) is 8.02. The highest BCUT2D eigenvalue weighted by molar-refractivity contribution is 5.92. The molecule has 0 spiro atoms. The SMILES string of the molecule is COC(=O)c1nccc(C(F)F)c1[N+](=O)[O-]. The van der Waals surface area contributed by atoms with E-state index in [-0.39, 0.29) is 0 Å². The molecule has 86 valence electrons. The highest BCUT2D eigenvalue weighted by Crippen LogP contribution is 2.30. The zero-order chi connectivity index (χ0) is 12.3. The minimum atomic E-state index is -3.06. The summed E-state index contributed by atoms with van der Waals surface area (Å²) in [4.78, 5) is 24.0. The van der Waals surface area contributed by atoms with Gasteiger partial charge in [0.15, 0.2) is 0 Å². The van der Waals surface area contributed by atoms with E-state index in [0.717, 1.165) is 19.4 Å². The quantitative estimate of drug-likeness (QED) is 0.450. The topological polar surface area (TPSA) is 82.3 Å². The van der Waals surface area contributed by atoms with E-state index >= 15 is 0 Å². The number of nitro groups is 1. The van der Waals surface area contributed by atoms with E-state index < -0.39 is 34.3 Å². The number of methoxy groups -OCH3 is 1. The minimum Gasteiger partial charge on any atom is -0.464 e. The summed E-state index contributed by atoms with van der Waals surface area (Å²) in [5, 5.41) is 10.6. The molecule has 0 atom stereocenters. The van der Waals surface area contributed by atoms with Crippen LogP contribution in [0, 0.1) is 10.1 Å². The monoisotopic (exact) mass is 232 g/mol. The largest absolute Gasteiger partial charge is 0.464 e. The number of carbonyl (C=O) groups is 1. The Hall–Kier alpha value is -2.12. The fraction of sp³-hybridized carbons (Fsp3) is 0.250. The first-order valence-electron chi connectivity index (χ1n) is 3.98. The lowest BCUT2D eigenvalue weighted by Crippen LogP contribution is -2.10. The Kier molecular flexibility index (Phi) is 3.44. The number of esters is 1. The first-order valence-corrected chi connectivity index (χ1v) is 3.98. The second kappa shape index (κ2) is 4.60. The van der Waals surface area contributed by atoms with Gasteiger partial charge in [-0.25, -0.2) is 18.6 Å². The first-order chi connectivity index (χ1) is 7.49. The number of alkyl halides is 2. The highest BCUT2D eigenvalue weighted by atomic mass is 19.3. The number of carbonyl (C=O) groups excluding carboxylic acids is 1. The molecule has 1 aromatic rings. The fourth-order valence-electron chi connectivity index (χ4n) is 1.08. The molecule has 1 aromatic heterocycles. The summed E-state index contributed by atoms with van der Waals surface area (Å²) in [6, 6.07) is 0.787. The number of hydrogen-bond donors (Lipinski definition) is 0. The van der Waals surface area contributed by atoms with E-state index in [2.05, 4.69) is 9.72 Å². The van der Waals surface area contributed by atoms with Gasteiger partial charge < -0.3 is 4.74 Å². The van der Waals surface area contributed by atoms with E-state index in [1.54, 1.807) is 0 Å². The van der Waals surface area contributed by atoms with Gasteiger partial charge in [-0.2, -0.15) is 0 Å². The van der Waals surface area contributed by atoms with Gasteiger partial charge in [-0.3, -0.25) is 10.1 Å². The van der Waals surface area contributed by atoms with Crippen LogP contribution in [0.3, 0.4) is 0 Å². The molecule has 0 unspecified atom stereocenters. The first kappa shape index (κ1) is 12.0. The predicted molar refractivity (Wildman–Crippen MR) is 47.2 cm³/mol. The molecule has 0 saturated heterocycles. The molecule has 6 nitrogen and oxygen atoms in total. The van der Waals surface area contributed by atoms with Gasteiger partial charge in [0.05, 0.1) is 17.6 Å². The van der Waals surface area contributed by atoms with Crippen molar-refractivity contribution < 1.29 is 23.2 Å². The van der Waals surface area contributed by atoms with Gasteiger partial charge in [0, 0.05) is 6.20 Å². The molecule has 0 saturated carbocycles. The summed E-state index contributed by atoms with van der Waals surface area (Å²) in [5.41, 5.74) is -2.62. The number of halogens is 2. The normalized spacial score (nSPS) is 10.2. The lowest BCUT2D eigenvalue weighted by molar-refractivity contribution is -0.386. The molecule has 0 aliphatic heterocycles. The second-order valence-electron chi connectivity index (χ2n) is 2.65. The summed E-state index contributed by atoms with van der Waals surface area (Å²) in [6.45, 7) is 0. The lowest BCUT2D eigenvalue weighted by Gasteiger charge is -2.04. The van der Waals surface area contributed by atoms with Gasteiger partial charge in [-0.1, -0.05) is 0 Å². The summed E-state index contributed by atoms with van der Waals surface area (Å²) < 4.78 is 29.1. The van der Waals surface area contributed by atoms with E-state index in [1.165, 1.54) is 0 Å². The Morgan fingerprint density at radius 1 is 1.62 bits per heavy atom. The van der Waals surface area contributed by atoms with Crippen LogP contribution in [0.4, 0.5) is 14.5 Å². The summed E-state index contributed by atoms with van der Waals surface area (Å²) in [6.07, 6.45) is -2.17. The molecule has 1 rings (SSSR count). The van der Waals surface area contributed by atoms with Gasteiger partial charge >= 0.3 is 11.7 Å². The van der Waals surface area contributed by atoms with Crippen LogP contribution in [-0.4, -0.2) is 23.0 Å². The Bertz CT molecular complexity index is 436. The molecule has 16 heavy (non-hydrogen) atoms. The maximum absolute atomic E-state index is 12.5. The second-order valence-corrected chi connectivity index (χ2v) is 2.65. The third-order valence-corrected chi connectivity index (χ3v) is 1.75. The van der Waals surface area contributed by atoms with E-state index in [9.17, 15) is 23.7 Å². The van der Waals surface area contributed by atoms with Crippen LogP contribution in [0.15, 0.2) is 12.3 Å². The predicted octanol–water partition coefficient (Wildman–Crippen LogP) is 1.71. The van der Waals surface area contributed by atoms with Crippen molar-refractivity contribution in [2.24, 2.45) is 0 Å². The van der Waals surface area contributed by atoms with Gasteiger partial charge in [0.25, 0.3) is 6.43 Å². The summed E-state index contributed by atoms with van der Waals surface area (Å²) >= 11 is 0. The minimum absolute atomic E-state index is 0.731. The molecular weight excluding hydrogens is 226 g/mol. The molecule has 0 N–H and O–H groups in total. The van der Waals surface area contributed by atoms with Crippen molar-refractivity contribution in [2.45, 2.75) is 6.43 Å². The van der Waals surface area contributed by atoms with Crippen LogP contribution >= 0.6 is 0 Å². The molecular formula is C8H6F2N2O4. The average Bonchev–Trinajstić information content (AvgIpc) is 2.26. The maximum atomic E-state index is 12.5. The van der Waals surface area contributed by atoms with Crippen LogP contribution in [0.5, 0.6) is 0 Å². The van der Waals surface area contributed by atoms with Crippen LogP contribution in [0.1, 0.15) is 22.5 Å². The number of nitrogens with zero attached hydrogens (tertiary/aromatic N) is 2. The molecule has 0 radical (unpaired) electrons. The fourth-order valence-corrected chi connectivity index (χ4v) is 1.08. The molecule has 8 heteroatoms. The Morgan fingerprint density at radius 3 is 2.69 bits per heavy atom. The maximum Gasteiger partial charge on any atom is 0.363 e. The molecule has 0 aromatic carbocycles. The van der Waals surface area contributed by atoms with Crippen LogP contribution in [-0.2, 0) is 4.74 Å². The number of rotatable bonds is 3. The van der Waals surface area contributed by atoms with Crippen molar-refractivity contribution in [2.75, 3.05) is 7.11 Å². The van der Waals surface area contributed by atoms with E-state index in [4.69, 9.17) is 0 Å². The number of pyridine rings is 1. The van der Waals surface area contributed by atoms with Crippen molar-refractivity contribution in [1.29, 1.82) is 0 Å². The standard InChI is InChI=1S/C8H6F2N2O4/c1-16-8(13)5-6(12(14)15)4(7(9)10)2-3-11-5/h2-3,7H,1H3. The van der Waals surface area contributed by atoms with Gasteiger partial charge in [0.2, 0.25) is 5.69 Å². The summed E-state index contributed by atoms with van der Waals surface area (Å²) in [5.74, 6) is -1.13. The Morgan fingerprint density at radius 2 is 2.25 bits per heavy atom. The molecule has 0 fully saturated rings. The van der Waals surface area contributed by atoms with E-state index in [1.807, 2.05) is 0 Å². The van der Waals surface area contributed by atoms with Crippen molar-refractivity contribution >= 4 is 11.7 Å². The third-order valence-electron chi connectivity index (χ3n) is 1.75.